The molecular formula is C17H31NO. The van der Waals surface area contributed by atoms with Gasteiger partial charge >= 0.3 is 0 Å². The van der Waals surface area contributed by atoms with Gasteiger partial charge in [-0.25, -0.2) is 0 Å². The first kappa shape index (κ1) is 13.9. The summed E-state index contributed by atoms with van der Waals surface area (Å²) < 4.78 is 5.55. The van der Waals surface area contributed by atoms with E-state index in [-0.39, 0.29) is 5.60 Å². The van der Waals surface area contributed by atoms with Crippen LogP contribution in [0, 0.1) is 23.2 Å². The molecule has 1 unspecified atom stereocenters. The van der Waals surface area contributed by atoms with E-state index in [1.54, 1.807) is 0 Å². The van der Waals surface area contributed by atoms with Gasteiger partial charge in [-0.3, -0.25) is 0 Å². The van der Waals surface area contributed by atoms with Gasteiger partial charge in [-0.1, -0.05) is 0 Å². The molecule has 110 valence electrons. The summed E-state index contributed by atoms with van der Waals surface area (Å²) in [6.07, 6.45) is 11.0. The number of ether oxygens (including phenoxy) is 1. The van der Waals surface area contributed by atoms with Gasteiger partial charge in [-0.2, -0.15) is 0 Å². The number of rotatable bonds is 5. The van der Waals surface area contributed by atoms with E-state index in [1.165, 1.54) is 38.5 Å². The molecule has 2 N–H and O–H groups in total. The largest absolute Gasteiger partial charge is 0.379 e. The van der Waals surface area contributed by atoms with Gasteiger partial charge in [-0.15, -0.1) is 0 Å². The molecule has 2 nitrogen and oxygen atoms in total. The zero-order valence-corrected chi connectivity index (χ0v) is 13.0. The van der Waals surface area contributed by atoms with Gasteiger partial charge in [0.25, 0.3) is 0 Å². The highest BCUT2D eigenvalue weighted by atomic mass is 16.5. The van der Waals surface area contributed by atoms with Gasteiger partial charge in [0.1, 0.15) is 0 Å². The van der Waals surface area contributed by atoms with Gasteiger partial charge in [0.15, 0.2) is 0 Å². The summed E-state index contributed by atoms with van der Waals surface area (Å²) in [5, 5.41) is 0. The summed E-state index contributed by atoms with van der Waals surface area (Å²) in [6, 6.07) is 0.398. The molecule has 0 heterocycles. The first-order valence-corrected chi connectivity index (χ1v) is 8.23. The second-order valence-electron chi connectivity index (χ2n) is 8.39. The van der Waals surface area contributed by atoms with Gasteiger partial charge < -0.3 is 10.5 Å². The normalized spacial score (nSPS) is 42.6. The van der Waals surface area contributed by atoms with Crippen molar-refractivity contribution < 1.29 is 4.74 Å². The Hall–Kier alpha value is -0.0800. The zero-order chi connectivity index (χ0) is 13.7. The van der Waals surface area contributed by atoms with Crippen molar-refractivity contribution in [1.82, 2.24) is 0 Å². The molecule has 4 saturated carbocycles. The number of nitrogens with two attached hydrogens (primary N) is 1. The standard InChI is InChI=1S/C17H31NO/c1-16(2,19-3)5-4-15(18)17-9-12-6-13(10-17)8-14(7-12)11-17/h12-15H,4-11,18H2,1-3H3. The third-order valence-electron chi connectivity index (χ3n) is 6.48. The van der Waals surface area contributed by atoms with E-state index < -0.39 is 0 Å². The van der Waals surface area contributed by atoms with Crippen LogP contribution in [-0.2, 0) is 4.74 Å². The van der Waals surface area contributed by atoms with Gasteiger partial charge in [0, 0.05) is 13.2 Å². The molecule has 4 rings (SSSR count). The Bertz CT molecular complexity index is 301. The predicted molar refractivity (Wildman–Crippen MR) is 78.9 cm³/mol. The van der Waals surface area contributed by atoms with Crippen molar-refractivity contribution in [2.45, 2.75) is 76.9 Å². The van der Waals surface area contributed by atoms with E-state index in [0.29, 0.717) is 11.5 Å². The lowest BCUT2D eigenvalue weighted by Crippen LogP contribution is -2.54. The van der Waals surface area contributed by atoms with Crippen LogP contribution in [0.3, 0.4) is 0 Å². The molecule has 1 atom stereocenters. The number of methoxy groups -OCH3 is 1. The Kier molecular flexibility index (Phi) is 3.46. The maximum absolute atomic E-state index is 6.68. The molecule has 4 fully saturated rings. The highest BCUT2D eigenvalue weighted by Gasteiger charge is 2.53. The van der Waals surface area contributed by atoms with E-state index >= 15 is 0 Å². The molecule has 2 heteroatoms. The maximum Gasteiger partial charge on any atom is 0.0623 e. The SMILES string of the molecule is COC(C)(C)CCC(N)C12CC3CC(CC(C3)C1)C2. The summed E-state index contributed by atoms with van der Waals surface area (Å²) in [6.45, 7) is 4.36. The topological polar surface area (TPSA) is 35.2 Å². The molecule has 19 heavy (non-hydrogen) atoms. The second kappa shape index (κ2) is 4.73. The number of hydrogen-bond donors (Lipinski definition) is 1. The molecule has 0 aliphatic heterocycles. The molecule has 4 aliphatic rings. The van der Waals surface area contributed by atoms with Crippen LogP contribution in [0.15, 0.2) is 0 Å². The average Bonchev–Trinajstić information content (AvgIpc) is 2.34. The van der Waals surface area contributed by atoms with Crippen LogP contribution in [0.5, 0.6) is 0 Å². The summed E-state index contributed by atoms with van der Waals surface area (Å²) >= 11 is 0. The fraction of sp³-hybridized carbons (Fsp3) is 1.00. The first-order chi connectivity index (χ1) is 8.92. The molecule has 0 aromatic rings. The van der Waals surface area contributed by atoms with Crippen molar-refractivity contribution in [2.75, 3.05) is 7.11 Å². The highest BCUT2D eigenvalue weighted by molar-refractivity contribution is 5.05. The molecule has 0 spiro atoms. The first-order valence-electron chi connectivity index (χ1n) is 8.23. The lowest BCUT2D eigenvalue weighted by atomic mass is 9.47. The fourth-order valence-corrected chi connectivity index (χ4v) is 5.54. The monoisotopic (exact) mass is 265 g/mol. The lowest BCUT2D eigenvalue weighted by Gasteiger charge is -2.59. The molecule has 4 aliphatic carbocycles. The average molecular weight is 265 g/mol. The van der Waals surface area contributed by atoms with Crippen molar-refractivity contribution in [3.8, 4) is 0 Å². The Labute approximate surface area is 118 Å². The van der Waals surface area contributed by atoms with E-state index in [2.05, 4.69) is 13.8 Å². The van der Waals surface area contributed by atoms with E-state index in [0.717, 1.165) is 30.6 Å². The summed E-state index contributed by atoms with van der Waals surface area (Å²) in [4.78, 5) is 0. The van der Waals surface area contributed by atoms with Crippen molar-refractivity contribution in [2.24, 2.45) is 28.9 Å². The Balaban J connectivity index is 1.64. The van der Waals surface area contributed by atoms with E-state index in [4.69, 9.17) is 10.5 Å². The van der Waals surface area contributed by atoms with Crippen molar-refractivity contribution in [3.63, 3.8) is 0 Å². The Morgan fingerprint density at radius 1 is 1.11 bits per heavy atom. The molecular weight excluding hydrogens is 234 g/mol. The minimum atomic E-state index is -0.0140. The highest BCUT2D eigenvalue weighted by Crippen LogP contribution is 2.61. The summed E-state index contributed by atoms with van der Waals surface area (Å²) in [5.41, 5.74) is 7.16. The molecule has 0 aromatic carbocycles. The molecule has 0 amide bonds. The molecule has 0 saturated heterocycles. The van der Waals surface area contributed by atoms with Crippen LogP contribution in [-0.4, -0.2) is 18.8 Å². The van der Waals surface area contributed by atoms with E-state index in [9.17, 15) is 0 Å². The van der Waals surface area contributed by atoms with Crippen molar-refractivity contribution in [3.05, 3.63) is 0 Å². The summed E-state index contributed by atoms with van der Waals surface area (Å²) in [5.74, 6) is 3.02. The van der Waals surface area contributed by atoms with Gasteiger partial charge in [0.05, 0.1) is 5.60 Å². The van der Waals surface area contributed by atoms with Crippen LogP contribution in [0.25, 0.3) is 0 Å². The van der Waals surface area contributed by atoms with E-state index in [1.807, 2.05) is 7.11 Å². The minimum Gasteiger partial charge on any atom is -0.379 e. The smallest absolute Gasteiger partial charge is 0.0623 e. The van der Waals surface area contributed by atoms with Crippen LogP contribution in [0.1, 0.15) is 65.2 Å². The Morgan fingerprint density at radius 2 is 1.58 bits per heavy atom. The van der Waals surface area contributed by atoms with Crippen molar-refractivity contribution in [1.29, 1.82) is 0 Å². The predicted octanol–water partition coefficient (Wildman–Crippen LogP) is 3.74. The fourth-order valence-electron chi connectivity index (χ4n) is 5.54. The van der Waals surface area contributed by atoms with Crippen LogP contribution in [0.2, 0.25) is 0 Å². The zero-order valence-electron chi connectivity index (χ0n) is 13.0. The lowest BCUT2D eigenvalue weighted by molar-refractivity contribution is -0.0727. The second-order valence-corrected chi connectivity index (χ2v) is 8.39. The number of hydrogen-bond acceptors (Lipinski definition) is 2. The minimum absolute atomic E-state index is 0.0140. The third kappa shape index (κ3) is 2.58. The van der Waals surface area contributed by atoms with Gasteiger partial charge in [0.2, 0.25) is 0 Å². The third-order valence-corrected chi connectivity index (χ3v) is 6.48. The van der Waals surface area contributed by atoms with Crippen molar-refractivity contribution >= 4 is 0 Å². The quantitative estimate of drug-likeness (QED) is 0.822. The molecule has 4 bridgehead atoms. The maximum atomic E-state index is 6.68. The van der Waals surface area contributed by atoms with Crippen LogP contribution < -0.4 is 5.73 Å². The molecule has 0 radical (unpaired) electrons. The summed E-state index contributed by atoms with van der Waals surface area (Å²) in [7, 11) is 1.82. The van der Waals surface area contributed by atoms with Gasteiger partial charge in [-0.05, 0) is 88.4 Å². The Morgan fingerprint density at radius 3 is 2.00 bits per heavy atom. The van der Waals surface area contributed by atoms with Crippen LogP contribution in [0.4, 0.5) is 0 Å². The van der Waals surface area contributed by atoms with Crippen LogP contribution >= 0.6 is 0 Å². The molecule has 0 aromatic heterocycles.